The summed E-state index contributed by atoms with van der Waals surface area (Å²) >= 11 is 1.37. The Kier molecular flexibility index (Phi) is 5.09. The van der Waals surface area contributed by atoms with Gasteiger partial charge in [0.15, 0.2) is 12.4 Å². The minimum absolute atomic E-state index is 0.000176. The summed E-state index contributed by atoms with van der Waals surface area (Å²) < 4.78 is 6.82. The maximum absolute atomic E-state index is 12.1. The van der Waals surface area contributed by atoms with Crippen LogP contribution in [0.4, 0.5) is 5.69 Å². The molecule has 0 aliphatic carbocycles. The maximum Gasteiger partial charge on any atom is 0.307 e. The highest BCUT2D eigenvalue weighted by atomic mass is 32.2. The molecule has 1 aromatic heterocycles. The number of tetrazole rings is 1. The van der Waals surface area contributed by atoms with E-state index in [2.05, 4.69) is 20.8 Å². The van der Waals surface area contributed by atoms with Crippen LogP contribution in [-0.2, 0) is 27.5 Å². The normalized spacial score (nSPS) is 16.4. The van der Waals surface area contributed by atoms with Crippen molar-refractivity contribution in [3.63, 3.8) is 0 Å². The number of aromatic nitrogens is 4. The van der Waals surface area contributed by atoms with Crippen LogP contribution in [0.2, 0.25) is 0 Å². The first-order chi connectivity index (χ1) is 11.7. The van der Waals surface area contributed by atoms with Gasteiger partial charge < -0.3 is 10.1 Å². The summed E-state index contributed by atoms with van der Waals surface area (Å²) in [6.45, 7) is 2.67. The zero-order valence-electron chi connectivity index (χ0n) is 13.1. The number of hydrogen-bond acceptors (Lipinski definition) is 7. The quantitative estimate of drug-likeness (QED) is 0.793. The van der Waals surface area contributed by atoms with Crippen molar-refractivity contribution < 1.29 is 14.3 Å². The van der Waals surface area contributed by atoms with Gasteiger partial charge in [-0.15, -0.1) is 16.9 Å². The predicted molar refractivity (Wildman–Crippen MR) is 87.2 cm³/mol. The summed E-state index contributed by atoms with van der Waals surface area (Å²) in [5.41, 5.74) is 0.774. The fourth-order valence-electron chi connectivity index (χ4n) is 2.29. The lowest BCUT2D eigenvalue weighted by atomic mass is 10.2. The number of carbonyl (C=O) groups is 2. The Balaban J connectivity index is 1.55. The van der Waals surface area contributed by atoms with Crippen molar-refractivity contribution in [2.24, 2.45) is 0 Å². The van der Waals surface area contributed by atoms with E-state index >= 15 is 0 Å². The summed E-state index contributed by atoms with van der Waals surface area (Å²) in [5.74, 6) is -0.143. The zero-order valence-corrected chi connectivity index (χ0v) is 14.0. The van der Waals surface area contributed by atoms with Gasteiger partial charge in [0, 0.05) is 11.4 Å². The number of fused-ring (bicyclic) bond motifs is 1. The molecule has 24 heavy (non-hydrogen) atoms. The van der Waals surface area contributed by atoms with Gasteiger partial charge in [-0.05, 0) is 29.0 Å². The minimum Gasteiger partial charge on any atom is -0.457 e. The van der Waals surface area contributed by atoms with Gasteiger partial charge in [-0.25, -0.2) is 4.68 Å². The molecule has 0 saturated carbocycles. The maximum atomic E-state index is 12.1. The fourth-order valence-corrected chi connectivity index (χ4v) is 3.39. The first-order valence-electron chi connectivity index (χ1n) is 7.64. The van der Waals surface area contributed by atoms with Crippen molar-refractivity contribution >= 4 is 29.3 Å². The first kappa shape index (κ1) is 16.4. The van der Waals surface area contributed by atoms with Gasteiger partial charge in [-0.2, -0.15) is 0 Å². The zero-order chi connectivity index (χ0) is 16.9. The van der Waals surface area contributed by atoms with Crippen LogP contribution in [0.25, 0.3) is 0 Å². The second-order valence-electron chi connectivity index (χ2n) is 5.27. The van der Waals surface area contributed by atoms with Gasteiger partial charge >= 0.3 is 5.97 Å². The molecule has 9 heteroatoms. The van der Waals surface area contributed by atoms with E-state index in [1.807, 2.05) is 31.2 Å². The Bertz CT molecular complexity index is 748. The number of para-hydroxylation sites is 1. The van der Waals surface area contributed by atoms with Crippen LogP contribution in [0, 0.1) is 0 Å². The van der Waals surface area contributed by atoms with Crippen molar-refractivity contribution in [3.8, 4) is 0 Å². The van der Waals surface area contributed by atoms with Gasteiger partial charge in [-0.1, -0.05) is 19.1 Å². The van der Waals surface area contributed by atoms with Crippen LogP contribution in [0.15, 0.2) is 29.2 Å². The number of ether oxygens (including phenoxy) is 1. The second kappa shape index (κ2) is 7.43. The van der Waals surface area contributed by atoms with Gasteiger partial charge in [0.05, 0.1) is 17.4 Å². The molecule has 126 valence electrons. The number of nitrogens with zero attached hydrogens (tertiary/aromatic N) is 4. The van der Waals surface area contributed by atoms with Crippen LogP contribution >= 0.6 is 11.8 Å². The average molecular weight is 347 g/mol. The van der Waals surface area contributed by atoms with E-state index < -0.39 is 11.2 Å². The third kappa shape index (κ3) is 3.73. The molecular weight excluding hydrogens is 330 g/mol. The number of aryl methyl sites for hydroxylation is 1. The SMILES string of the molecule is CCCn1nnnc1COC(=O)C[C@@H]1Sc2ccccc2NC1=O. The lowest BCUT2D eigenvalue weighted by Gasteiger charge is -2.23. The monoisotopic (exact) mass is 347 g/mol. The van der Waals surface area contributed by atoms with E-state index in [-0.39, 0.29) is 18.9 Å². The second-order valence-corrected chi connectivity index (χ2v) is 6.52. The average Bonchev–Trinajstić information content (AvgIpc) is 3.01. The summed E-state index contributed by atoms with van der Waals surface area (Å²) in [4.78, 5) is 25.1. The Morgan fingerprint density at radius 1 is 1.42 bits per heavy atom. The number of hydrogen-bond donors (Lipinski definition) is 1. The van der Waals surface area contributed by atoms with E-state index in [4.69, 9.17) is 4.74 Å². The van der Waals surface area contributed by atoms with E-state index in [1.165, 1.54) is 11.8 Å². The molecule has 1 amide bonds. The topological polar surface area (TPSA) is 99.0 Å². The molecule has 0 fully saturated rings. The number of benzene rings is 1. The van der Waals surface area contributed by atoms with Crippen LogP contribution < -0.4 is 5.32 Å². The Morgan fingerprint density at radius 3 is 3.08 bits per heavy atom. The molecule has 2 heterocycles. The van der Waals surface area contributed by atoms with Gasteiger partial charge in [0.2, 0.25) is 5.91 Å². The molecule has 1 aliphatic heterocycles. The highest BCUT2D eigenvalue weighted by Gasteiger charge is 2.29. The largest absolute Gasteiger partial charge is 0.457 e. The molecule has 1 atom stereocenters. The molecule has 0 saturated heterocycles. The third-order valence-electron chi connectivity index (χ3n) is 3.46. The molecule has 3 rings (SSSR count). The molecule has 0 spiro atoms. The standard InChI is InChI=1S/C15H17N5O3S/c1-2-7-20-13(17-18-19-20)9-23-14(21)8-12-15(22)16-10-5-3-4-6-11(10)24-12/h3-6,12H,2,7-9H2,1H3,(H,16,22)/t12-/m0/s1. The first-order valence-corrected chi connectivity index (χ1v) is 8.52. The fraction of sp³-hybridized carbons (Fsp3) is 0.400. The highest BCUT2D eigenvalue weighted by molar-refractivity contribution is 8.01. The van der Waals surface area contributed by atoms with E-state index in [0.29, 0.717) is 12.4 Å². The number of thioether (sulfide) groups is 1. The highest BCUT2D eigenvalue weighted by Crippen LogP contribution is 2.36. The van der Waals surface area contributed by atoms with Crippen LogP contribution in [0.5, 0.6) is 0 Å². The molecule has 0 radical (unpaired) electrons. The molecule has 8 nitrogen and oxygen atoms in total. The lowest BCUT2D eigenvalue weighted by Crippen LogP contribution is -2.31. The predicted octanol–water partition coefficient (Wildman–Crippen LogP) is 1.63. The van der Waals surface area contributed by atoms with Gasteiger partial charge in [0.25, 0.3) is 0 Å². The number of anilines is 1. The number of carbonyl (C=O) groups excluding carboxylic acids is 2. The number of nitrogens with one attached hydrogen (secondary N) is 1. The van der Waals surface area contributed by atoms with Crippen molar-refractivity contribution in [3.05, 3.63) is 30.1 Å². The van der Waals surface area contributed by atoms with Crippen LogP contribution in [0.3, 0.4) is 0 Å². The minimum atomic E-state index is -0.501. The number of amides is 1. The molecule has 0 bridgehead atoms. The Labute approximate surface area is 142 Å². The molecule has 1 aromatic carbocycles. The van der Waals surface area contributed by atoms with Crippen LogP contribution in [-0.4, -0.2) is 37.3 Å². The van der Waals surface area contributed by atoms with E-state index in [1.54, 1.807) is 4.68 Å². The number of rotatable bonds is 6. The Hall–Kier alpha value is -2.42. The van der Waals surface area contributed by atoms with Crippen LogP contribution in [0.1, 0.15) is 25.6 Å². The van der Waals surface area contributed by atoms with Crippen molar-refractivity contribution in [1.29, 1.82) is 0 Å². The number of esters is 1. The Morgan fingerprint density at radius 2 is 2.25 bits per heavy atom. The van der Waals surface area contributed by atoms with Crippen molar-refractivity contribution in [2.45, 2.75) is 43.1 Å². The van der Waals surface area contributed by atoms with Crippen molar-refractivity contribution in [1.82, 2.24) is 20.2 Å². The van der Waals surface area contributed by atoms with E-state index in [0.717, 1.165) is 17.0 Å². The molecule has 1 aliphatic rings. The molecule has 0 unspecified atom stereocenters. The summed E-state index contributed by atoms with van der Waals surface area (Å²) in [5, 5.41) is 13.6. The summed E-state index contributed by atoms with van der Waals surface area (Å²) in [6, 6.07) is 7.50. The van der Waals surface area contributed by atoms with E-state index in [9.17, 15) is 9.59 Å². The smallest absolute Gasteiger partial charge is 0.307 e. The molecule has 1 N–H and O–H groups in total. The van der Waals surface area contributed by atoms with Gasteiger partial charge in [0.1, 0.15) is 0 Å². The summed E-state index contributed by atoms with van der Waals surface area (Å²) in [7, 11) is 0. The van der Waals surface area contributed by atoms with Gasteiger partial charge in [-0.3, -0.25) is 9.59 Å². The lowest BCUT2D eigenvalue weighted by molar-refractivity contribution is -0.146. The third-order valence-corrected chi connectivity index (χ3v) is 4.74. The summed E-state index contributed by atoms with van der Waals surface area (Å²) in [6.07, 6.45) is 0.879. The molecular formula is C15H17N5O3S. The van der Waals surface area contributed by atoms with Crippen molar-refractivity contribution in [2.75, 3.05) is 5.32 Å². The molecule has 2 aromatic rings.